The first kappa shape index (κ1) is 26.6. The maximum absolute atomic E-state index is 13.0. The second kappa shape index (κ2) is 11.6. The van der Waals surface area contributed by atoms with Gasteiger partial charge >= 0.3 is 0 Å². The van der Waals surface area contributed by atoms with Crippen LogP contribution in [0.5, 0.6) is 11.5 Å². The second-order valence-corrected chi connectivity index (χ2v) is 9.91. The van der Waals surface area contributed by atoms with E-state index in [1.54, 1.807) is 36.4 Å². The van der Waals surface area contributed by atoms with Gasteiger partial charge in [0.15, 0.2) is 0 Å². The van der Waals surface area contributed by atoms with Crippen molar-refractivity contribution in [3.05, 3.63) is 83.9 Å². The van der Waals surface area contributed by atoms with Crippen molar-refractivity contribution in [2.45, 2.75) is 13.0 Å². The van der Waals surface area contributed by atoms with Gasteiger partial charge in [-0.2, -0.15) is 0 Å². The molecule has 0 heterocycles. The number of sulfonamides is 1. The number of ether oxygens (including phenoxy) is 2. The molecule has 0 fully saturated rings. The normalized spacial score (nSPS) is 11.8. The lowest BCUT2D eigenvalue weighted by atomic mass is 10.1. The summed E-state index contributed by atoms with van der Waals surface area (Å²) in [6, 6.07) is 20.4. The molecule has 0 saturated heterocycles. The average Bonchev–Trinajstić information content (AvgIpc) is 2.87. The van der Waals surface area contributed by atoms with Gasteiger partial charge in [-0.05, 0) is 36.8 Å². The zero-order valence-electron chi connectivity index (χ0n) is 20.5. The maximum Gasteiger partial charge on any atom is 0.253 e. The van der Waals surface area contributed by atoms with Crippen molar-refractivity contribution in [2.24, 2.45) is 0 Å². The lowest BCUT2D eigenvalue weighted by Gasteiger charge is -2.24. The summed E-state index contributed by atoms with van der Waals surface area (Å²) >= 11 is 0. The number of amides is 2. The first-order valence-corrected chi connectivity index (χ1v) is 12.9. The molecule has 190 valence electrons. The van der Waals surface area contributed by atoms with Crippen LogP contribution in [-0.4, -0.2) is 47.3 Å². The highest BCUT2D eigenvalue weighted by Gasteiger charge is 2.25. The molecule has 0 unspecified atom stereocenters. The number of benzene rings is 3. The Kier molecular flexibility index (Phi) is 8.55. The third-order valence-corrected chi connectivity index (χ3v) is 6.56. The van der Waals surface area contributed by atoms with Gasteiger partial charge in [-0.15, -0.1) is 0 Å². The molecule has 0 aromatic heterocycles. The molecule has 2 amide bonds. The molecule has 0 spiro atoms. The van der Waals surface area contributed by atoms with E-state index >= 15 is 0 Å². The van der Waals surface area contributed by atoms with Crippen molar-refractivity contribution in [3.63, 3.8) is 0 Å². The van der Waals surface area contributed by atoms with Crippen LogP contribution in [-0.2, 0) is 14.8 Å². The summed E-state index contributed by atoms with van der Waals surface area (Å²) in [6.45, 7) is 1.32. The predicted octanol–water partition coefficient (Wildman–Crippen LogP) is 3.60. The molecule has 0 bridgehead atoms. The third kappa shape index (κ3) is 6.54. The molecule has 10 heteroatoms. The minimum atomic E-state index is -3.88. The number of nitrogens with one attached hydrogen (secondary N) is 2. The number of anilines is 2. The monoisotopic (exact) mass is 511 g/mol. The van der Waals surface area contributed by atoms with Crippen LogP contribution in [0.2, 0.25) is 0 Å². The van der Waals surface area contributed by atoms with Crippen LogP contribution in [0.4, 0.5) is 11.4 Å². The van der Waals surface area contributed by atoms with E-state index in [9.17, 15) is 18.0 Å². The standard InChI is InChI=1S/C26H29N3O6S/c1-18(19-10-6-5-7-11-19)27-26(31)21-12-8-9-13-22(21)28-25(30)17-29(36(4,32)33)23-16-20(34-2)14-15-24(23)35-3/h5-16,18H,17H2,1-4H3,(H,27,31)(H,28,30)/t18-/m1/s1. The molecule has 9 nitrogen and oxygen atoms in total. The molecule has 3 aromatic carbocycles. The molecular formula is C26H29N3O6S. The third-order valence-electron chi connectivity index (χ3n) is 5.44. The van der Waals surface area contributed by atoms with E-state index in [0.717, 1.165) is 16.1 Å². The maximum atomic E-state index is 13.0. The van der Waals surface area contributed by atoms with E-state index in [1.165, 1.54) is 20.3 Å². The minimum absolute atomic E-state index is 0.150. The largest absolute Gasteiger partial charge is 0.497 e. The van der Waals surface area contributed by atoms with Crippen LogP contribution < -0.4 is 24.4 Å². The zero-order valence-corrected chi connectivity index (χ0v) is 21.3. The van der Waals surface area contributed by atoms with Gasteiger partial charge in [-0.25, -0.2) is 8.42 Å². The van der Waals surface area contributed by atoms with Crippen LogP contribution in [0, 0.1) is 0 Å². The summed E-state index contributed by atoms with van der Waals surface area (Å²) in [5, 5.41) is 5.58. The molecule has 0 aliphatic rings. The van der Waals surface area contributed by atoms with Crippen LogP contribution in [0.3, 0.4) is 0 Å². The first-order valence-electron chi connectivity index (χ1n) is 11.1. The van der Waals surface area contributed by atoms with Crippen molar-refractivity contribution in [3.8, 4) is 11.5 Å². The van der Waals surface area contributed by atoms with E-state index in [4.69, 9.17) is 9.47 Å². The van der Waals surface area contributed by atoms with Crippen LogP contribution in [0.15, 0.2) is 72.8 Å². The fourth-order valence-corrected chi connectivity index (χ4v) is 4.43. The van der Waals surface area contributed by atoms with Gasteiger partial charge in [0.1, 0.15) is 18.0 Å². The topological polar surface area (TPSA) is 114 Å². The lowest BCUT2D eigenvalue weighted by Crippen LogP contribution is -2.38. The summed E-state index contributed by atoms with van der Waals surface area (Å²) in [6.07, 6.45) is 0.992. The van der Waals surface area contributed by atoms with E-state index < -0.39 is 22.5 Å². The Bertz CT molecular complexity index is 1330. The van der Waals surface area contributed by atoms with E-state index in [-0.39, 0.29) is 34.6 Å². The molecule has 0 saturated carbocycles. The number of methoxy groups -OCH3 is 2. The molecule has 36 heavy (non-hydrogen) atoms. The summed E-state index contributed by atoms with van der Waals surface area (Å²) in [4.78, 5) is 26.0. The van der Waals surface area contributed by atoms with Gasteiger partial charge in [-0.1, -0.05) is 42.5 Å². The van der Waals surface area contributed by atoms with Crippen molar-refractivity contribution < 1.29 is 27.5 Å². The second-order valence-electron chi connectivity index (χ2n) is 8.01. The summed E-state index contributed by atoms with van der Waals surface area (Å²) in [5.74, 6) is -0.364. The highest BCUT2D eigenvalue weighted by atomic mass is 32.2. The summed E-state index contributed by atoms with van der Waals surface area (Å²) in [7, 11) is -1.03. The van der Waals surface area contributed by atoms with E-state index in [2.05, 4.69) is 10.6 Å². The lowest BCUT2D eigenvalue weighted by molar-refractivity contribution is -0.114. The number of carbonyl (C=O) groups excluding carboxylic acids is 2. The molecular weight excluding hydrogens is 482 g/mol. The van der Waals surface area contributed by atoms with Gasteiger partial charge < -0.3 is 20.1 Å². The molecule has 0 aliphatic heterocycles. The molecule has 1 atom stereocenters. The molecule has 0 aliphatic carbocycles. The predicted molar refractivity (Wildman–Crippen MR) is 139 cm³/mol. The van der Waals surface area contributed by atoms with Gasteiger partial charge in [0.05, 0.1) is 43.5 Å². The van der Waals surface area contributed by atoms with E-state index in [1.807, 2.05) is 37.3 Å². The number of nitrogens with zero attached hydrogens (tertiary/aromatic N) is 1. The van der Waals surface area contributed by atoms with Crippen molar-refractivity contribution in [2.75, 3.05) is 36.6 Å². The van der Waals surface area contributed by atoms with E-state index in [0.29, 0.717) is 5.75 Å². The number of rotatable bonds is 10. The first-order chi connectivity index (χ1) is 17.1. The van der Waals surface area contributed by atoms with Crippen LogP contribution in [0.25, 0.3) is 0 Å². The highest BCUT2D eigenvalue weighted by Crippen LogP contribution is 2.33. The highest BCUT2D eigenvalue weighted by molar-refractivity contribution is 7.92. The zero-order chi connectivity index (χ0) is 26.3. The van der Waals surface area contributed by atoms with Crippen molar-refractivity contribution >= 4 is 33.2 Å². The Morgan fingerprint density at radius 3 is 2.25 bits per heavy atom. The number of hydrogen-bond donors (Lipinski definition) is 2. The van der Waals surface area contributed by atoms with Crippen molar-refractivity contribution in [1.82, 2.24) is 5.32 Å². The van der Waals surface area contributed by atoms with Crippen molar-refractivity contribution in [1.29, 1.82) is 0 Å². The molecule has 0 radical (unpaired) electrons. The fourth-order valence-electron chi connectivity index (χ4n) is 3.58. The summed E-state index contributed by atoms with van der Waals surface area (Å²) in [5.41, 5.74) is 1.59. The molecule has 3 aromatic rings. The Balaban J connectivity index is 1.82. The summed E-state index contributed by atoms with van der Waals surface area (Å²) < 4.78 is 36.6. The quantitative estimate of drug-likeness (QED) is 0.430. The number of para-hydroxylation sites is 1. The smallest absolute Gasteiger partial charge is 0.253 e. The minimum Gasteiger partial charge on any atom is -0.497 e. The van der Waals surface area contributed by atoms with Crippen LogP contribution >= 0.6 is 0 Å². The Labute approximate surface area is 211 Å². The molecule has 2 N–H and O–H groups in total. The van der Waals surface area contributed by atoms with Crippen LogP contribution in [0.1, 0.15) is 28.9 Å². The average molecular weight is 512 g/mol. The Morgan fingerprint density at radius 1 is 0.944 bits per heavy atom. The van der Waals surface area contributed by atoms with Gasteiger partial charge in [0, 0.05) is 6.07 Å². The Morgan fingerprint density at radius 2 is 1.61 bits per heavy atom. The molecule has 3 rings (SSSR count). The SMILES string of the molecule is COc1ccc(OC)c(N(CC(=O)Nc2ccccc2C(=O)N[C@H](C)c2ccccc2)S(C)(=O)=O)c1. The number of hydrogen-bond acceptors (Lipinski definition) is 6. The van der Waals surface area contributed by atoms with Gasteiger partial charge in [-0.3, -0.25) is 13.9 Å². The van der Waals surface area contributed by atoms with Gasteiger partial charge in [0.25, 0.3) is 5.91 Å². The Hall–Kier alpha value is -4.05. The number of carbonyl (C=O) groups is 2. The van der Waals surface area contributed by atoms with Gasteiger partial charge in [0.2, 0.25) is 15.9 Å². The fraction of sp³-hybridized carbons (Fsp3) is 0.231.